The molecule has 1 N–H and O–H groups in total. The number of nitrogens with zero attached hydrogens (tertiary/aromatic N) is 3. The molecule has 0 unspecified atom stereocenters. The van der Waals surface area contributed by atoms with Gasteiger partial charge in [-0.05, 0) is 12.5 Å². The van der Waals surface area contributed by atoms with Gasteiger partial charge in [0, 0.05) is 19.2 Å². The first-order chi connectivity index (χ1) is 8.20. The lowest BCUT2D eigenvalue weighted by molar-refractivity contribution is 0.278. The molecule has 0 saturated carbocycles. The third kappa shape index (κ3) is 2.94. The Hall–Kier alpha value is -1.17. The van der Waals surface area contributed by atoms with Crippen molar-refractivity contribution in [3.63, 3.8) is 0 Å². The van der Waals surface area contributed by atoms with E-state index in [0.29, 0.717) is 40.3 Å². The Kier molecular flexibility index (Phi) is 3.93. The number of pyridine rings is 1. The Morgan fingerprint density at radius 2 is 2.18 bits per heavy atom. The van der Waals surface area contributed by atoms with Crippen LogP contribution in [0.1, 0.15) is 12.3 Å². The molecule has 0 aliphatic rings. The minimum Gasteiger partial charge on any atom is -0.396 e. The number of aromatic nitrogens is 3. The fraction of sp³-hybridized carbons (Fsp3) is 0.300. The zero-order valence-electron chi connectivity index (χ0n) is 8.73. The van der Waals surface area contributed by atoms with Gasteiger partial charge in [-0.2, -0.15) is 4.98 Å². The van der Waals surface area contributed by atoms with Gasteiger partial charge >= 0.3 is 0 Å². The number of rotatable bonds is 4. The second-order valence-electron chi connectivity index (χ2n) is 3.32. The number of hydrogen-bond acceptors (Lipinski definition) is 5. The topological polar surface area (TPSA) is 72.0 Å². The number of aliphatic hydroxyl groups is 1. The molecule has 0 spiro atoms. The highest BCUT2D eigenvalue weighted by Gasteiger charge is 2.13. The van der Waals surface area contributed by atoms with Gasteiger partial charge in [-0.3, -0.25) is 0 Å². The van der Waals surface area contributed by atoms with Crippen molar-refractivity contribution in [3.05, 3.63) is 28.2 Å². The molecule has 0 aliphatic carbocycles. The van der Waals surface area contributed by atoms with Crippen LogP contribution in [0.15, 0.2) is 16.8 Å². The van der Waals surface area contributed by atoms with Crippen LogP contribution < -0.4 is 0 Å². The lowest BCUT2D eigenvalue weighted by atomic mass is 10.3. The Bertz CT molecular complexity index is 516. The monoisotopic (exact) mass is 273 g/mol. The smallest absolute Gasteiger partial charge is 0.227 e. The van der Waals surface area contributed by atoms with Crippen LogP contribution in [0.3, 0.4) is 0 Å². The zero-order valence-corrected chi connectivity index (χ0v) is 10.2. The molecule has 0 aromatic carbocycles. The minimum absolute atomic E-state index is 0.0810. The summed E-state index contributed by atoms with van der Waals surface area (Å²) < 4.78 is 5.00. The first-order valence-corrected chi connectivity index (χ1v) is 5.71. The van der Waals surface area contributed by atoms with Crippen molar-refractivity contribution in [2.75, 3.05) is 6.61 Å². The molecular formula is C10H9Cl2N3O2. The van der Waals surface area contributed by atoms with Gasteiger partial charge in [0.25, 0.3) is 0 Å². The van der Waals surface area contributed by atoms with Gasteiger partial charge in [0.05, 0.1) is 10.0 Å². The maximum atomic E-state index is 8.69. The number of aryl methyl sites for hydroxylation is 1. The summed E-state index contributed by atoms with van der Waals surface area (Å²) in [6.45, 7) is 0.0810. The van der Waals surface area contributed by atoms with Crippen LogP contribution in [0.25, 0.3) is 11.5 Å². The lowest BCUT2D eigenvalue weighted by Gasteiger charge is -1.97. The van der Waals surface area contributed by atoms with Gasteiger partial charge in [0.15, 0.2) is 0 Å². The molecule has 2 heterocycles. The summed E-state index contributed by atoms with van der Waals surface area (Å²) in [5.41, 5.74) is 0.426. The van der Waals surface area contributed by atoms with Crippen LogP contribution in [-0.2, 0) is 6.42 Å². The Balaban J connectivity index is 2.24. The van der Waals surface area contributed by atoms with E-state index in [2.05, 4.69) is 15.1 Å². The molecule has 0 fully saturated rings. The van der Waals surface area contributed by atoms with Crippen molar-refractivity contribution in [2.45, 2.75) is 12.8 Å². The van der Waals surface area contributed by atoms with Crippen molar-refractivity contribution in [1.82, 2.24) is 15.1 Å². The highest BCUT2D eigenvalue weighted by molar-refractivity contribution is 6.35. The highest BCUT2D eigenvalue weighted by atomic mass is 35.5. The third-order valence-corrected chi connectivity index (χ3v) is 2.53. The molecule has 17 heavy (non-hydrogen) atoms. The highest BCUT2D eigenvalue weighted by Crippen LogP contribution is 2.25. The fourth-order valence-electron chi connectivity index (χ4n) is 1.26. The molecule has 0 aliphatic heterocycles. The summed E-state index contributed by atoms with van der Waals surface area (Å²) in [6, 6.07) is 1.56. The zero-order chi connectivity index (χ0) is 12.3. The molecule has 5 nitrogen and oxygen atoms in total. The molecule has 0 atom stereocenters. The van der Waals surface area contributed by atoms with Gasteiger partial charge in [0.1, 0.15) is 5.69 Å². The standard InChI is InChI=1S/C10H9Cl2N3O2/c11-6-4-7(12)9(13-5-6)10-14-8(17-15-10)2-1-3-16/h4-5,16H,1-3H2. The van der Waals surface area contributed by atoms with E-state index in [0.717, 1.165) is 0 Å². The van der Waals surface area contributed by atoms with Gasteiger partial charge in [-0.1, -0.05) is 28.4 Å². The van der Waals surface area contributed by atoms with Crippen molar-refractivity contribution in [2.24, 2.45) is 0 Å². The van der Waals surface area contributed by atoms with Crippen molar-refractivity contribution >= 4 is 23.2 Å². The SMILES string of the molecule is OCCCc1nc(-c2ncc(Cl)cc2Cl)no1. The van der Waals surface area contributed by atoms with Crippen molar-refractivity contribution in [3.8, 4) is 11.5 Å². The molecule has 0 saturated heterocycles. The summed E-state index contributed by atoms with van der Waals surface area (Å²) in [5.74, 6) is 0.765. The lowest BCUT2D eigenvalue weighted by Crippen LogP contribution is -1.90. The number of halogens is 2. The molecule has 0 bridgehead atoms. The molecule has 2 rings (SSSR count). The van der Waals surface area contributed by atoms with Gasteiger partial charge in [-0.25, -0.2) is 4.98 Å². The average molecular weight is 274 g/mol. The van der Waals surface area contributed by atoms with E-state index in [9.17, 15) is 0 Å². The Morgan fingerprint density at radius 1 is 1.35 bits per heavy atom. The average Bonchev–Trinajstić information content (AvgIpc) is 2.75. The second-order valence-corrected chi connectivity index (χ2v) is 4.17. The van der Waals surface area contributed by atoms with E-state index in [1.54, 1.807) is 6.07 Å². The summed E-state index contributed by atoms with van der Waals surface area (Å²) in [6.07, 6.45) is 2.56. The molecular weight excluding hydrogens is 265 g/mol. The molecule has 2 aromatic heterocycles. The van der Waals surface area contributed by atoms with Crippen LogP contribution in [0, 0.1) is 0 Å². The van der Waals surface area contributed by atoms with E-state index in [4.69, 9.17) is 32.8 Å². The normalized spacial score (nSPS) is 10.8. The quantitative estimate of drug-likeness (QED) is 0.926. The molecule has 90 valence electrons. The van der Waals surface area contributed by atoms with Crippen LogP contribution in [0.2, 0.25) is 10.0 Å². The van der Waals surface area contributed by atoms with Crippen molar-refractivity contribution < 1.29 is 9.63 Å². The first kappa shape index (κ1) is 12.3. The van der Waals surface area contributed by atoms with Crippen LogP contribution in [-0.4, -0.2) is 26.8 Å². The van der Waals surface area contributed by atoms with Crippen LogP contribution in [0.4, 0.5) is 0 Å². The van der Waals surface area contributed by atoms with E-state index < -0.39 is 0 Å². The summed E-state index contributed by atoms with van der Waals surface area (Å²) in [4.78, 5) is 8.17. The summed E-state index contributed by atoms with van der Waals surface area (Å²) in [7, 11) is 0. The molecule has 0 radical (unpaired) electrons. The molecule has 7 heteroatoms. The largest absolute Gasteiger partial charge is 0.396 e. The second kappa shape index (κ2) is 5.44. The van der Waals surface area contributed by atoms with Gasteiger partial charge in [-0.15, -0.1) is 0 Å². The van der Waals surface area contributed by atoms with E-state index in [1.165, 1.54) is 6.20 Å². The predicted octanol–water partition coefficient (Wildman–Crippen LogP) is 2.36. The van der Waals surface area contributed by atoms with Gasteiger partial charge in [0.2, 0.25) is 11.7 Å². The maximum absolute atomic E-state index is 8.69. The van der Waals surface area contributed by atoms with E-state index >= 15 is 0 Å². The Labute approximate surface area is 107 Å². The minimum atomic E-state index is 0.0810. The van der Waals surface area contributed by atoms with Crippen LogP contribution >= 0.6 is 23.2 Å². The summed E-state index contributed by atoms with van der Waals surface area (Å²) >= 11 is 11.7. The fourth-order valence-corrected chi connectivity index (χ4v) is 1.73. The predicted molar refractivity (Wildman–Crippen MR) is 63.0 cm³/mol. The Morgan fingerprint density at radius 3 is 2.88 bits per heavy atom. The number of aliphatic hydroxyl groups excluding tert-OH is 1. The van der Waals surface area contributed by atoms with Gasteiger partial charge < -0.3 is 9.63 Å². The summed E-state index contributed by atoms with van der Waals surface area (Å²) in [5, 5.41) is 13.3. The maximum Gasteiger partial charge on any atom is 0.227 e. The number of hydrogen-bond donors (Lipinski definition) is 1. The molecule has 0 amide bonds. The van der Waals surface area contributed by atoms with E-state index in [1.807, 2.05) is 0 Å². The van der Waals surface area contributed by atoms with Crippen LogP contribution in [0.5, 0.6) is 0 Å². The van der Waals surface area contributed by atoms with Crippen molar-refractivity contribution in [1.29, 1.82) is 0 Å². The first-order valence-electron chi connectivity index (χ1n) is 4.95. The van der Waals surface area contributed by atoms with E-state index in [-0.39, 0.29) is 6.61 Å². The third-order valence-electron chi connectivity index (χ3n) is 2.04. The molecule has 2 aromatic rings.